The first kappa shape index (κ1) is 19.1. The summed E-state index contributed by atoms with van der Waals surface area (Å²) in [7, 11) is 0. The van der Waals surface area contributed by atoms with Gasteiger partial charge in [0, 0.05) is 21.9 Å². The average molecular weight is 410 g/mol. The van der Waals surface area contributed by atoms with Crippen LogP contribution in [0.2, 0.25) is 0 Å². The Kier molecular flexibility index (Phi) is 5.44. The van der Waals surface area contributed by atoms with Gasteiger partial charge in [-0.3, -0.25) is 4.79 Å². The lowest BCUT2D eigenvalue weighted by atomic mass is 9.95. The number of hydrogen-bond donors (Lipinski definition) is 2. The van der Waals surface area contributed by atoms with Gasteiger partial charge in [0.25, 0.3) is 5.56 Å². The van der Waals surface area contributed by atoms with Crippen LogP contribution in [-0.2, 0) is 0 Å². The number of aromatic amines is 1. The minimum absolute atomic E-state index is 0.0703. The Labute approximate surface area is 172 Å². The largest absolute Gasteiger partial charge is 0.309 e. The van der Waals surface area contributed by atoms with E-state index in [1.54, 1.807) is 11.3 Å². The summed E-state index contributed by atoms with van der Waals surface area (Å²) in [6.45, 7) is 6.45. The van der Waals surface area contributed by atoms with E-state index in [0.717, 1.165) is 15.3 Å². The SMILES string of the molecule is CC(C)[C@@H](N[C@@H](C)c1nc2scc(-c3cccs3)c2c(=O)[nH]1)c1ccccc1. The van der Waals surface area contributed by atoms with Crippen LogP contribution < -0.4 is 10.9 Å². The first-order valence-electron chi connectivity index (χ1n) is 9.41. The molecule has 0 spiro atoms. The Morgan fingerprint density at radius 2 is 1.82 bits per heavy atom. The summed E-state index contributed by atoms with van der Waals surface area (Å²) in [5.74, 6) is 1.09. The van der Waals surface area contributed by atoms with Crippen LogP contribution in [0.3, 0.4) is 0 Å². The molecule has 0 aliphatic carbocycles. The molecule has 144 valence electrons. The number of thiophene rings is 2. The lowest BCUT2D eigenvalue weighted by Gasteiger charge is -2.26. The smallest absolute Gasteiger partial charge is 0.260 e. The highest BCUT2D eigenvalue weighted by Crippen LogP contribution is 2.34. The maximum Gasteiger partial charge on any atom is 0.260 e. The van der Waals surface area contributed by atoms with Crippen LogP contribution in [-0.4, -0.2) is 9.97 Å². The molecule has 0 fully saturated rings. The molecule has 3 aromatic heterocycles. The van der Waals surface area contributed by atoms with Crippen molar-refractivity contribution >= 4 is 32.9 Å². The molecule has 3 heterocycles. The molecule has 4 rings (SSSR count). The van der Waals surface area contributed by atoms with Gasteiger partial charge in [0.05, 0.1) is 11.4 Å². The molecule has 0 amide bonds. The van der Waals surface area contributed by atoms with Crippen molar-refractivity contribution < 1.29 is 0 Å². The van der Waals surface area contributed by atoms with Crippen LogP contribution in [0.5, 0.6) is 0 Å². The highest BCUT2D eigenvalue weighted by molar-refractivity contribution is 7.18. The van der Waals surface area contributed by atoms with E-state index in [9.17, 15) is 4.79 Å². The third-order valence-corrected chi connectivity index (χ3v) is 6.69. The Balaban J connectivity index is 1.66. The highest BCUT2D eigenvalue weighted by Gasteiger charge is 2.21. The van der Waals surface area contributed by atoms with Crippen LogP contribution in [0.1, 0.15) is 44.2 Å². The molecule has 2 atom stereocenters. The third kappa shape index (κ3) is 3.68. The van der Waals surface area contributed by atoms with Crippen molar-refractivity contribution in [3.63, 3.8) is 0 Å². The number of nitrogens with one attached hydrogen (secondary N) is 2. The molecule has 0 saturated heterocycles. The van der Waals surface area contributed by atoms with Crippen molar-refractivity contribution in [3.05, 3.63) is 75.0 Å². The maximum absolute atomic E-state index is 12.9. The van der Waals surface area contributed by atoms with Crippen LogP contribution in [0.15, 0.2) is 58.0 Å². The lowest BCUT2D eigenvalue weighted by Crippen LogP contribution is -2.30. The van der Waals surface area contributed by atoms with Gasteiger partial charge in [-0.15, -0.1) is 22.7 Å². The fourth-order valence-electron chi connectivity index (χ4n) is 3.47. The zero-order valence-corrected chi connectivity index (χ0v) is 17.7. The van der Waals surface area contributed by atoms with Crippen molar-refractivity contribution in [2.75, 3.05) is 0 Å². The van der Waals surface area contributed by atoms with Gasteiger partial charge < -0.3 is 10.3 Å². The van der Waals surface area contributed by atoms with Crippen molar-refractivity contribution in [1.29, 1.82) is 0 Å². The van der Waals surface area contributed by atoms with Gasteiger partial charge in [-0.1, -0.05) is 50.2 Å². The quantitative estimate of drug-likeness (QED) is 0.425. The Bertz CT molecular complexity index is 1110. The van der Waals surface area contributed by atoms with E-state index in [1.165, 1.54) is 16.9 Å². The van der Waals surface area contributed by atoms with E-state index in [4.69, 9.17) is 4.98 Å². The Morgan fingerprint density at radius 1 is 1.04 bits per heavy atom. The first-order chi connectivity index (χ1) is 13.5. The van der Waals surface area contributed by atoms with Crippen molar-refractivity contribution in [1.82, 2.24) is 15.3 Å². The summed E-state index contributed by atoms with van der Waals surface area (Å²) < 4.78 is 0. The van der Waals surface area contributed by atoms with Gasteiger partial charge in [-0.05, 0) is 29.9 Å². The monoisotopic (exact) mass is 409 g/mol. The molecule has 1 aromatic carbocycles. The van der Waals surface area contributed by atoms with E-state index >= 15 is 0 Å². The van der Waals surface area contributed by atoms with Gasteiger partial charge in [0.15, 0.2) is 0 Å². The summed E-state index contributed by atoms with van der Waals surface area (Å²) in [5, 5.41) is 8.39. The predicted octanol–water partition coefficient (Wildman–Crippen LogP) is 5.76. The van der Waals surface area contributed by atoms with Crippen LogP contribution >= 0.6 is 22.7 Å². The van der Waals surface area contributed by atoms with Crippen molar-refractivity contribution in [2.45, 2.75) is 32.9 Å². The molecule has 4 nitrogen and oxygen atoms in total. The van der Waals surface area contributed by atoms with E-state index in [2.05, 4.69) is 55.3 Å². The van der Waals surface area contributed by atoms with Crippen LogP contribution in [0, 0.1) is 5.92 Å². The first-order valence-corrected chi connectivity index (χ1v) is 11.2. The Morgan fingerprint density at radius 3 is 2.50 bits per heavy atom. The van der Waals surface area contributed by atoms with Crippen LogP contribution in [0.4, 0.5) is 0 Å². The van der Waals surface area contributed by atoms with Gasteiger partial charge in [0.1, 0.15) is 10.7 Å². The van der Waals surface area contributed by atoms with Crippen LogP contribution in [0.25, 0.3) is 20.7 Å². The summed E-state index contributed by atoms with van der Waals surface area (Å²) >= 11 is 3.16. The van der Waals surface area contributed by atoms with Gasteiger partial charge in [-0.2, -0.15) is 0 Å². The lowest BCUT2D eigenvalue weighted by molar-refractivity contribution is 0.367. The molecule has 0 radical (unpaired) electrons. The molecule has 6 heteroatoms. The maximum atomic E-state index is 12.9. The van der Waals surface area contributed by atoms with Gasteiger partial charge in [0.2, 0.25) is 0 Å². The second-order valence-corrected chi connectivity index (χ2v) is 9.08. The molecule has 2 N–H and O–H groups in total. The van der Waals surface area contributed by atoms with E-state index in [-0.39, 0.29) is 17.6 Å². The average Bonchev–Trinajstić information content (AvgIpc) is 3.35. The number of rotatable bonds is 6. The molecule has 0 aliphatic heterocycles. The standard InChI is InChI=1S/C22H23N3OS2/c1-13(2)19(15-8-5-4-6-9-15)23-14(3)20-24-21(26)18-16(12-28-22(18)25-20)17-10-7-11-27-17/h4-14,19,23H,1-3H3,(H,24,25,26)/t14-,19+/m0/s1. The number of aromatic nitrogens is 2. The molecule has 28 heavy (non-hydrogen) atoms. The van der Waals surface area contributed by atoms with Crippen molar-refractivity contribution in [2.24, 2.45) is 5.92 Å². The highest BCUT2D eigenvalue weighted by atomic mass is 32.1. The summed E-state index contributed by atoms with van der Waals surface area (Å²) in [5.41, 5.74) is 2.14. The molecular weight excluding hydrogens is 386 g/mol. The molecule has 0 saturated carbocycles. The van der Waals surface area contributed by atoms with E-state index in [0.29, 0.717) is 17.1 Å². The number of H-pyrrole nitrogens is 1. The minimum atomic E-state index is -0.0722. The van der Waals surface area contributed by atoms with E-state index in [1.807, 2.05) is 29.0 Å². The molecule has 0 aliphatic rings. The fourth-order valence-corrected chi connectivity index (χ4v) is 5.24. The fraction of sp³-hybridized carbons (Fsp3) is 0.273. The zero-order chi connectivity index (χ0) is 19.7. The number of hydrogen-bond acceptors (Lipinski definition) is 5. The molecule has 4 aromatic rings. The molecule has 0 unspecified atom stereocenters. The second-order valence-electron chi connectivity index (χ2n) is 7.28. The number of benzene rings is 1. The normalized spacial score (nSPS) is 13.9. The zero-order valence-electron chi connectivity index (χ0n) is 16.1. The number of nitrogens with zero attached hydrogens (tertiary/aromatic N) is 1. The minimum Gasteiger partial charge on any atom is -0.309 e. The summed E-state index contributed by atoms with van der Waals surface area (Å²) in [4.78, 5) is 22.5. The number of fused-ring (bicyclic) bond motifs is 1. The Hall–Kier alpha value is -2.28. The molecule has 0 bridgehead atoms. The van der Waals surface area contributed by atoms with Crippen molar-refractivity contribution in [3.8, 4) is 10.4 Å². The predicted molar refractivity (Wildman–Crippen MR) is 119 cm³/mol. The van der Waals surface area contributed by atoms with Gasteiger partial charge in [-0.25, -0.2) is 4.98 Å². The summed E-state index contributed by atoms with van der Waals surface area (Å²) in [6, 6.07) is 14.6. The topological polar surface area (TPSA) is 57.8 Å². The van der Waals surface area contributed by atoms with Gasteiger partial charge >= 0.3 is 0 Å². The third-order valence-electron chi connectivity index (χ3n) is 4.91. The second kappa shape index (κ2) is 7.99. The summed E-state index contributed by atoms with van der Waals surface area (Å²) in [6.07, 6.45) is 0. The molecular formula is C22H23N3OS2. The van der Waals surface area contributed by atoms with E-state index < -0.39 is 0 Å².